The highest BCUT2D eigenvalue weighted by atomic mass is 32.1. The molecule has 182 valence electrons. The summed E-state index contributed by atoms with van der Waals surface area (Å²) in [6.45, 7) is 4.59. The fourth-order valence-electron chi connectivity index (χ4n) is 4.14. The van der Waals surface area contributed by atoms with Crippen molar-refractivity contribution in [2.75, 3.05) is 6.61 Å². The number of nitrogens with zero attached hydrogens (tertiary/aromatic N) is 6. The lowest BCUT2D eigenvalue weighted by Crippen LogP contribution is -2.23. The standard InChI is InChI=1S/C28H22N6O2S/c1-3-36-23-10-9-20(15-18(23)2)25-21(17-33(31-25)22-7-5-4-6-8-22)16-24-27(35)34-28(37-24)30-26(32-34)19-11-13-29-14-12-19/h4-17H,3H2,1-2H3. The van der Waals surface area contributed by atoms with Gasteiger partial charge in [-0.2, -0.15) is 14.6 Å². The van der Waals surface area contributed by atoms with Gasteiger partial charge in [0, 0.05) is 35.3 Å². The number of aromatic nitrogens is 6. The van der Waals surface area contributed by atoms with Crippen molar-refractivity contribution < 1.29 is 4.74 Å². The van der Waals surface area contributed by atoms with Gasteiger partial charge in [-0.1, -0.05) is 29.5 Å². The van der Waals surface area contributed by atoms with Gasteiger partial charge in [0.1, 0.15) is 11.4 Å². The second-order valence-corrected chi connectivity index (χ2v) is 9.42. The first-order chi connectivity index (χ1) is 18.1. The number of benzene rings is 2. The van der Waals surface area contributed by atoms with Gasteiger partial charge in [0.15, 0.2) is 5.82 Å². The zero-order valence-electron chi connectivity index (χ0n) is 20.2. The number of hydrogen-bond acceptors (Lipinski definition) is 7. The summed E-state index contributed by atoms with van der Waals surface area (Å²) in [4.78, 5) is 22.4. The van der Waals surface area contributed by atoms with Crippen LogP contribution in [-0.4, -0.2) is 36.0 Å². The molecule has 4 aromatic heterocycles. The molecule has 0 aliphatic carbocycles. The Hall–Kier alpha value is -4.63. The maximum Gasteiger partial charge on any atom is 0.291 e. The van der Waals surface area contributed by atoms with Crippen LogP contribution in [0.1, 0.15) is 18.1 Å². The van der Waals surface area contributed by atoms with Crippen LogP contribution < -0.4 is 14.8 Å². The van der Waals surface area contributed by atoms with Crippen LogP contribution in [0.25, 0.3) is 39.4 Å². The minimum atomic E-state index is -0.214. The van der Waals surface area contributed by atoms with Crippen molar-refractivity contribution in [3.8, 4) is 34.1 Å². The SMILES string of the molecule is CCOc1ccc(-c2nn(-c3ccccc3)cc2C=c2sc3nc(-c4ccncc4)nn3c2=O)cc1C. The minimum Gasteiger partial charge on any atom is -0.494 e. The third-order valence-electron chi connectivity index (χ3n) is 5.92. The zero-order valence-corrected chi connectivity index (χ0v) is 21.0. The zero-order chi connectivity index (χ0) is 25.4. The summed E-state index contributed by atoms with van der Waals surface area (Å²) in [6.07, 6.45) is 7.16. The highest BCUT2D eigenvalue weighted by molar-refractivity contribution is 7.15. The van der Waals surface area contributed by atoms with Crippen LogP contribution in [0, 0.1) is 6.92 Å². The number of thiazole rings is 1. The van der Waals surface area contributed by atoms with Crippen LogP contribution in [-0.2, 0) is 0 Å². The molecule has 0 aliphatic rings. The summed E-state index contributed by atoms with van der Waals surface area (Å²) in [5.74, 6) is 1.34. The summed E-state index contributed by atoms with van der Waals surface area (Å²) in [5.41, 5.74) is 5.08. The third kappa shape index (κ3) is 4.30. The molecule has 0 radical (unpaired) electrons. The van der Waals surface area contributed by atoms with E-state index in [1.54, 1.807) is 12.4 Å². The lowest BCUT2D eigenvalue weighted by molar-refractivity contribution is 0.338. The lowest BCUT2D eigenvalue weighted by Gasteiger charge is -2.08. The summed E-state index contributed by atoms with van der Waals surface area (Å²) in [5, 5.41) is 9.33. The van der Waals surface area contributed by atoms with Gasteiger partial charge in [0.2, 0.25) is 4.96 Å². The molecule has 0 unspecified atom stereocenters. The Kier molecular flexibility index (Phi) is 5.82. The molecule has 0 saturated heterocycles. The topological polar surface area (TPSA) is 87.2 Å². The molecule has 4 heterocycles. The van der Waals surface area contributed by atoms with Crippen molar-refractivity contribution in [3.63, 3.8) is 0 Å². The first kappa shape index (κ1) is 22.8. The summed E-state index contributed by atoms with van der Waals surface area (Å²) in [7, 11) is 0. The third-order valence-corrected chi connectivity index (χ3v) is 6.88. The second-order valence-electron chi connectivity index (χ2n) is 8.41. The quantitative estimate of drug-likeness (QED) is 0.334. The molecule has 0 bridgehead atoms. The highest BCUT2D eigenvalue weighted by Crippen LogP contribution is 2.29. The molecular weight excluding hydrogens is 484 g/mol. The normalized spacial score (nSPS) is 11.9. The van der Waals surface area contributed by atoms with Crippen LogP contribution in [0.4, 0.5) is 0 Å². The minimum absolute atomic E-state index is 0.214. The van der Waals surface area contributed by atoms with Crippen LogP contribution >= 0.6 is 11.3 Å². The van der Waals surface area contributed by atoms with Gasteiger partial charge in [0.25, 0.3) is 5.56 Å². The van der Waals surface area contributed by atoms with Crippen molar-refractivity contribution >= 4 is 22.4 Å². The number of aryl methyl sites for hydroxylation is 1. The Labute approximate surface area is 216 Å². The summed E-state index contributed by atoms with van der Waals surface area (Å²) in [6, 6.07) is 19.5. The van der Waals surface area contributed by atoms with Crippen LogP contribution in [0.15, 0.2) is 84.0 Å². The summed E-state index contributed by atoms with van der Waals surface area (Å²) >= 11 is 1.30. The Bertz CT molecular complexity index is 1820. The van der Waals surface area contributed by atoms with E-state index in [9.17, 15) is 4.79 Å². The van der Waals surface area contributed by atoms with Crippen LogP contribution in [0.5, 0.6) is 5.75 Å². The highest BCUT2D eigenvalue weighted by Gasteiger charge is 2.16. The molecule has 6 rings (SSSR count). The predicted molar refractivity (Wildman–Crippen MR) is 144 cm³/mol. The molecule has 0 spiro atoms. The van der Waals surface area contributed by atoms with E-state index < -0.39 is 0 Å². The Morgan fingerprint density at radius 2 is 1.81 bits per heavy atom. The molecule has 0 saturated carbocycles. The van der Waals surface area contributed by atoms with Crippen molar-refractivity contribution in [1.29, 1.82) is 0 Å². The van der Waals surface area contributed by atoms with Gasteiger partial charge in [-0.25, -0.2) is 4.68 Å². The van der Waals surface area contributed by atoms with Crippen LogP contribution in [0.2, 0.25) is 0 Å². The van der Waals surface area contributed by atoms with E-state index >= 15 is 0 Å². The molecular formula is C28H22N6O2S. The maximum absolute atomic E-state index is 13.3. The van der Waals surface area contributed by atoms with Gasteiger partial charge >= 0.3 is 0 Å². The Balaban J connectivity index is 1.48. The fraction of sp³-hybridized carbons (Fsp3) is 0.107. The number of para-hydroxylation sites is 1. The van der Waals surface area contributed by atoms with E-state index in [2.05, 4.69) is 21.1 Å². The van der Waals surface area contributed by atoms with Gasteiger partial charge in [0.05, 0.1) is 16.8 Å². The van der Waals surface area contributed by atoms with Gasteiger partial charge in [-0.05, 0) is 68.0 Å². The van der Waals surface area contributed by atoms with Gasteiger partial charge in [-0.3, -0.25) is 9.78 Å². The largest absolute Gasteiger partial charge is 0.494 e. The van der Waals surface area contributed by atoms with Gasteiger partial charge < -0.3 is 4.74 Å². The van der Waals surface area contributed by atoms with E-state index in [1.807, 2.05) is 85.4 Å². The second kappa shape index (κ2) is 9.44. The molecule has 0 fully saturated rings. The molecule has 2 aromatic carbocycles. The number of rotatable bonds is 6. The van der Waals surface area contributed by atoms with Crippen molar-refractivity contribution in [2.24, 2.45) is 0 Å². The summed E-state index contributed by atoms with van der Waals surface area (Å²) < 4.78 is 9.44. The van der Waals surface area contributed by atoms with Crippen molar-refractivity contribution in [1.82, 2.24) is 29.4 Å². The van der Waals surface area contributed by atoms with E-state index in [-0.39, 0.29) is 5.56 Å². The lowest BCUT2D eigenvalue weighted by atomic mass is 10.0. The first-order valence-corrected chi connectivity index (χ1v) is 12.6. The molecule has 0 atom stereocenters. The maximum atomic E-state index is 13.3. The van der Waals surface area contributed by atoms with E-state index in [0.717, 1.165) is 39.4 Å². The van der Waals surface area contributed by atoms with Gasteiger partial charge in [-0.15, -0.1) is 5.10 Å². The van der Waals surface area contributed by atoms with E-state index in [0.29, 0.717) is 21.9 Å². The average molecular weight is 507 g/mol. The Morgan fingerprint density at radius 1 is 1.00 bits per heavy atom. The smallest absolute Gasteiger partial charge is 0.291 e. The van der Waals surface area contributed by atoms with Crippen molar-refractivity contribution in [2.45, 2.75) is 13.8 Å². The molecule has 0 N–H and O–H groups in total. The average Bonchev–Trinajstić information content (AvgIpc) is 3.62. The number of fused-ring (bicyclic) bond motifs is 1. The van der Waals surface area contributed by atoms with Crippen molar-refractivity contribution in [3.05, 3.63) is 105 Å². The molecule has 8 nitrogen and oxygen atoms in total. The van der Waals surface area contributed by atoms with Crippen LogP contribution in [0.3, 0.4) is 0 Å². The predicted octanol–water partition coefficient (Wildman–Crippen LogP) is 4.32. The molecule has 0 amide bonds. The van der Waals surface area contributed by atoms with E-state index in [4.69, 9.17) is 9.84 Å². The fourth-order valence-corrected chi connectivity index (χ4v) is 5.04. The molecule has 37 heavy (non-hydrogen) atoms. The van der Waals surface area contributed by atoms with E-state index in [1.165, 1.54) is 15.9 Å². The Morgan fingerprint density at radius 3 is 2.54 bits per heavy atom. The number of ether oxygens (including phenoxy) is 1. The first-order valence-electron chi connectivity index (χ1n) is 11.8. The number of pyridine rings is 1. The molecule has 6 aromatic rings. The number of hydrogen-bond donors (Lipinski definition) is 0. The molecule has 9 heteroatoms. The monoisotopic (exact) mass is 506 g/mol. The molecule has 0 aliphatic heterocycles.